The van der Waals surface area contributed by atoms with Crippen LogP contribution in [-0.4, -0.2) is 35.6 Å². The normalized spacial score (nSPS) is 18.5. The van der Waals surface area contributed by atoms with E-state index in [0.717, 1.165) is 34.9 Å². The van der Waals surface area contributed by atoms with Crippen molar-refractivity contribution in [2.45, 2.75) is 52.3 Å². The number of aryl methyl sites for hydroxylation is 1. The molecular weight excluding hydrogens is 308 g/mol. The summed E-state index contributed by atoms with van der Waals surface area (Å²) >= 11 is 1.91. The molecule has 0 saturated carbocycles. The average molecular weight is 337 g/mol. The molecule has 1 heterocycles. The van der Waals surface area contributed by atoms with Gasteiger partial charge in [-0.05, 0) is 39.3 Å². The quantitative estimate of drug-likeness (QED) is 0.868. The van der Waals surface area contributed by atoms with Crippen LogP contribution in [0.25, 0.3) is 0 Å². The summed E-state index contributed by atoms with van der Waals surface area (Å²) in [6, 6.07) is 6.41. The highest BCUT2D eigenvalue weighted by molar-refractivity contribution is 7.99. The summed E-state index contributed by atoms with van der Waals surface area (Å²) in [5.41, 5.74) is 1.92. The number of carbonyl (C=O) groups excluding carboxylic acids is 1. The summed E-state index contributed by atoms with van der Waals surface area (Å²) in [4.78, 5) is 12.1. The number of thioether (sulfide) groups is 1. The minimum absolute atomic E-state index is 0.0901. The van der Waals surface area contributed by atoms with Gasteiger partial charge in [0.25, 0.3) is 0 Å². The number of nitrogens with one attached hydrogen (secondary N) is 2. The van der Waals surface area contributed by atoms with Gasteiger partial charge in [0.2, 0.25) is 5.91 Å². The van der Waals surface area contributed by atoms with Crippen molar-refractivity contribution in [2.24, 2.45) is 0 Å². The first-order valence-corrected chi connectivity index (χ1v) is 9.35. The van der Waals surface area contributed by atoms with Crippen LogP contribution in [0.2, 0.25) is 0 Å². The first-order chi connectivity index (χ1) is 10.8. The predicted octanol–water partition coefficient (Wildman–Crippen LogP) is 2.88. The third-order valence-electron chi connectivity index (χ3n) is 3.55. The van der Waals surface area contributed by atoms with E-state index in [1.54, 1.807) is 0 Å². The van der Waals surface area contributed by atoms with Crippen molar-refractivity contribution in [1.82, 2.24) is 10.6 Å². The summed E-state index contributed by atoms with van der Waals surface area (Å²) in [5.74, 6) is 3.09. The lowest BCUT2D eigenvalue weighted by molar-refractivity contribution is -0.121. The molecule has 5 heteroatoms. The Balaban J connectivity index is 1.92. The van der Waals surface area contributed by atoms with Gasteiger partial charge < -0.3 is 15.4 Å². The Labute approximate surface area is 143 Å². The molecule has 0 bridgehead atoms. The van der Waals surface area contributed by atoms with Gasteiger partial charge in [-0.15, -0.1) is 0 Å². The largest absolute Gasteiger partial charge is 0.488 e. The number of carbonyl (C=O) groups is 1. The van der Waals surface area contributed by atoms with E-state index in [2.05, 4.69) is 16.7 Å². The van der Waals surface area contributed by atoms with E-state index in [1.165, 1.54) is 0 Å². The third kappa shape index (κ3) is 6.43. The highest BCUT2D eigenvalue weighted by Crippen LogP contribution is 2.24. The molecule has 1 saturated heterocycles. The predicted molar refractivity (Wildman–Crippen MR) is 97.1 cm³/mol. The van der Waals surface area contributed by atoms with Crippen LogP contribution in [0.4, 0.5) is 0 Å². The Morgan fingerprint density at radius 2 is 2.22 bits per heavy atom. The average Bonchev–Trinajstić information content (AvgIpc) is 2.46. The van der Waals surface area contributed by atoms with Gasteiger partial charge in [0.05, 0.1) is 0 Å². The number of benzene rings is 1. The van der Waals surface area contributed by atoms with E-state index < -0.39 is 0 Å². The van der Waals surface area contributed by atoms with Crippen LogP contribution < -0.4 is 15.4 Å². The second-order valence-corrected chi connectivity index (χ2v) is 8.18. The van der Waals surface area contributed by atoms with Crippen molar-refractivity contribution in [1.29, 1.82) is 0 Å². The molecule has 1 aliphatic rings. The van der Waals surface area contributed by atoms with Crippen LogP contribution in [-0.2, 0) is 11.3 Å². The third-order valence-corrected chi connectivity index (χ3v) is 4.68. The molecule has 1 aliphatic heterocycles. The molecule has 128 valence electrons. The first kappa shape index (κ1) is 18.1. The topological polar surface area (TPSA) is 50.4 Å². The van der Waals surface area contributed by atoms with Gasteiger partial charge in [-0.3, -0.25) is 4.79 Å². The summed E-state index contributed by atoms with van der Waals surface area (Å²) in [5, 5.41) is 6.42. The molecule has 1 aromatic rings. The molecule has 2 rings (SSSR count). The summed E-state index contributed by atoms with van der Waals surface area (Å²) in [6.45, 7) is 9.64. The zero-order valence-corrected chi connectivity index (χ0v) is 15.4. The van der Waals surface area contributed by atoms with E-state index in [4.69, 9.17) is 4.74 Å². The van der Waals surface area contributed by atoms with E-state index in [1.807, 2.05) is 51.6 Å². The molecule has 0 radical (unpaired) electrons. The van der Waals surface area contributed by atoms with Crippen LogP contribution in [0.3, 0.4) is 0 Å². The number of hydrogen-bond acceptors (Lipinski definition) is 4. The van der Waals surface area contributed by atoms with Crippen molar-refractivity contribution >= 4 is 17.7 Å². The monoisotopic (exact) mass is 336 g/mol. The van der Waals surface area contributed by atoms with E-state index in [0.29, 0.717) is 13.0 Å². The minimum Gasteiger partial charge on any atom is -0.488 e. The fourth-order valence-electron chi connectivity index (χ4n) is 2.47. The number of rotatable bonds is 5. The lowest BCUT2D eigenvalue weighted by Gasteiger charge is -2.24. The fourth-order valence-corrected chi connectivity index (χ4v) is 3.42. The maximum atomic E-state index is 12.1. The molecule has 1 atom stereocenters. The molecule has 4 nitrogen and oxygen atoms in total. The summed E-state index contributed by atoms with van der Waals surface area (Å²) < 4.78 is 6.03. The van der Waals surface area contributed by atoms with Gasteiger partial charge in [0, 0.05) is 42.6 Å². The van der Waals surface area contributed by atoms with Gasteiger partial charge in [-0.25, -0.2) is 0 Å². The highest BCUT2D eigenvalue weighted by Gasteiger charge is 2.18. The molecule has 1 aromatic carbocycles. The van der Waals surface area contributed by atoms with Crippen LogP contribution >= 0.6 is 11.8 Å². The lowest BCUT2D eigenvalue weighted by Crippen LogP contribution is -2.41. The lowest BCUT2D eigenvalue weighted by atomic mass is 10.1. The second-order valence-electron chi connectivity index (χ2n) is 7.03. The van der Waals surface area contributed by atoms with Gasteiger partial charge in [0.15, 0.2) is 0 Å². The van der Waals surface area contributed by atoms with Crippen molar-refractivity contribution < 1.29 is 9.53 Å². The van der Waals surface area contributed by atoms with Crippen LogP contribution in [0.1, 0.15) is 38.3 Å². The molecule has 23 heavy (non-hydrogen) atoms. The summed E-state index contributed by atoms with van der Waals surface area (Å²) in [7, 11) is 0. The Morgan fingerprint density at radius 1 is 1.43 bits per heavy atom. The maximum absolute atomic E-state index is 12.1. The molecule has 1 fully saturated rings. The van der Waals surface area contributed by atoms with Gasteiger partial charge >= 0.3 is 0 Å². The molecule has 0 aliphatic carbocycles. The number of amides is 1. The first-order valence-electron chi connectivity index (χ1n) is 8.20. The van der Waals surface area contributed by atoms with Crippen molar-refractivity contribution in [3.63, 3.8) is 0 Å². The summed E-state index contributed by atoms with van der Waals surface area (Å²) in [6.07, 6.45) is 0.536. The van der Waals surface area contributed by atoms with Gasteiger partial charge in [-0.1, -0.05) is 12.1 Å². The molecule has 0 spiro atoms. The van der Waals surface area contributed by atoms with Crippen molar-refractivity contribution in [3.05, 3.63) is 29.3 Å². The second kappa shape index (κ2) is 8.06. The molecule has 1 amide bonds. The minimum atomic E-state index is -0.254. The smallest absolute Gasteiger partial charge is 0.221 e. The van der Waals surface area contributed by atoms with Gasteiger partial charge in [0.1, 0.15) is 11.4 Å². The Hall–Kier alpha value is -1.20. The molecule has 1 unspecified atom stereocenters. The number of ether oxygens (including phenoxy) is 1. The van der Waals surface area contributed by atoms with E-state index in [-0.39, 0.29) is 17.6 Å². The molecular formula is C18H28N2O2S. The standard InChI is InChI=1S/C18H28N2O2S/c1-13-5-6-14(16(9-13)22-18(2,3)4)11-20-17(21)10-15-12-23-8-7-19-15/h5-6,9,15,19H,7-8,10-12H2,1-4H3,(H,20,21). The van der Waals surface area contributed by atoms with E-state index >= 15 is 0 Å². The van der Waals surface area contributed by atoms with Crippen LogP contribution in [0, 0.1) is 6.92 Å². The SMILES string of the molecule is Cc1ccc(CNC(=O)CC2CSCCN2)c(OC(C)(C)C)c1. The van der Waals surface area contributed by atoms with Crippen LogP contribution in [0.5, 0.6) is 5.75 Å². The number of hydrogen-bond donors (Lipinski definition) is 2. The van der Waals surface area contributed by atoms with Crippen molar-refractivity contribution in [3.8, 4) is 5.75 Å². The zero-order chi connectivity index (χ0) is 16.9. The highest BCUT2D eigenvalue weighted by atomic mass is 32.2. The molecule has 2 N–H and O–H groups in total. The Bertz CT molecular complexity index is 534. The maximum Gasteiger partial charge on any atom is 0.221 e. The van der Waals surface area contributed by atoms with Gasteiger partial charge in [-0.2, -0.15) is 11.8 Å². The zero-order valence-electron chi connectivity index (χ0n) is 14.6. The molecule has 0 aromatic heterocycles. The van der Waals surface area contributed by atoms with Crippen LogP contribution in [0.15, 0.2) is 18.2 Å². The Morgan fingerprint density at radius 3 is 2.87 bits per heavy atom. The Kier molecular flexibility index (Phi) is 6.36. The fraction of sp³-hybridized carbons (Fsp3) is 0.611. The van der Waals surface area contributed by atoms with Crippen molar-refractivity contribution in [2.75, 3.05) is 18.1 Å². The van der Waals surface area contributed by atoms with E-state index in [9.17, 15) is 4.79 Å².